The number of nitrogens with zero attached hydrogens (tertiary/aromatic N) is 1. The highest BCUT2D eigenvalue weighted by Crippen LogP contribution is 2.23. The SMILES string of the molecule is CC1CCCCC1NC(=O)N(C)Cc1ccc(F)cc1. The fourth-order valence-corrected chi connectivity index (χ4v) is 2.73. The summed E-state index contributed by atoms with van der Waals surface area (Å²) < 4.78 is 12.8. The second-order valence-electron chi connectivity index (χ2n) is 5.80. The Balaban J connectivity index is 1.86. The van der Waals surface area contributed by atoms with E-state index in [1.54, 1.807) is 24.1 Å². The Morgan fingerprint density at radius 2 is 1.95 bits per heavy atom. The molecular formula is C16H23FN2O. The third-order valence-electron chi connectivity index (χ3n) is 4.10. The molecule has 2 rings (SSSR count). The summed E-state index contributed by atoms with van der Waals surface area (Å²) in [7, 11) is 1.77. The molecule has 1 N–H and O–H groups in total. The number of amides is 2. The fourth-order valence-electron chi connectivity index (χ4n) is 2.73. The monoisotopic (exact) mass is 278 g/mol. The molecule has 0 heterocycles. The van der Waals surface area contributed by atoms with E-state index in [9.17, 15) is 9.18 Å². The summed E-state index contributed by atoms with van der Waals surface area (Å²) in [5.74, 6) is 0.295. The Morgan fingerprint density at radius 1 is 1.30 bits per heavy atom. The van der Waals surface area contributed by atoms with E-state index in [2.05, 4.69) is 12.2 Å². The topological polar surface area (TPSA) is 32.3 Å². The minimum atomic E-state index is -0.253. The van der Waals surface area contributed by atoms with Gasteiger partial charge in [-0.15, -0.1) is 0 Å². The zero-order valence-electron chi connectivity index (χ0n) is 12.2. The van der Waals surface area contributed by atoms with Crippen molar-refractivity contribution in [3.05, 3.63) is 35.6 Å². The number of halogens is 1. The molecule has 2 atom stereocenters. The minimum Gasteiger partial charge on any atom is -0.335 e. The Hall–Kier alpha value is -1.58. The van der Waals surface area contributed by atoms with Crippen LogP contribution in [0.5, 0.6) is 0 Å². The summed E-state index contributed by atoms with van der Waals surface area (Å²) >= 11 is 0. The van der Waals surface area contributed by atoms with E-state index in [1.807, 2.05) is 0 Å². The van der Waals surface area contributed by atoms with Gasteiger partial charge in [-0.05, 0) is 36.5 Å². The molecule has 0 radical (unpaired) electrons. The van der Waals surface area contributed by atoms with Crippen LogP contribution in [0, 0.1) is 11.7 Å². The van der Waals surface area contributed by atoms with Crippen LogP contribution in [0.2, 0.25) is 0 Å². The van der Waals surface area contributed by atoms with Crippen LogP contribution in [0.1, 0.15) is 38.2 Å². The molecule has 1 saturated carbocycles. The quantitative estimate of drug-likeness (QED) is 0.901. The Morgan fingerprint density at radius 3 is 2.60 bits per heavy atom. The number of carbonyl (C=O) groups is 1. The number of rotatable bonds is 3. The molecule has 0 aromatic heterocycles. The van der Waals surface area contributed by atoms with Gasteiger partial charge in [0.25, 0.3) is 0 Å². The summed E-state index contributed by atoms with van der Waals surface area (Å²) in [6.45, 7) is 2.69. The molecule has 1 aliphatic rings. The average molecular weight is 278 g/mol. The number of nitrogens with one attached hydrogen (secondary N) is 1. The highest BCUT2D eigenvalue weighted by molar-refractivity contribution is 5.74. The summed E-state index contributed by atoms with van der Waals surface area (Å²) in [5, 5.41) is 3.11. The maximum Gasteiger partial charge on any atom is 0.317 e. The first-order chi connectivity index (χ1) is 9.56. The molecular weight excluding hydrogens is 255 g/mol. The molecule has 0 aliphatic heterocycles. The number of carbonyl (C=O) groups excluding carboxylic acids is 1. The molecule has 0 spiro atoms. The van der Waals surface area contributed by atoms with E-state index in [0.29, 0.717) is 12.5 Å². The van der Waals surface area contributed by atoms with Crippen molar-refractivity contribution in [3.8, 4) is 0 Å². The molecule has 1 fully saturated rings. The van der Waals surface area contributed by atoms with Gasteiger partial charge >= 0.3 is 6.03 Å². The van der Waals surface area contributed by atoms with E-state index in [4.69, 9.17) is 0 Å². The van der Waals surface area contributed by atoms with Crippen LogP contribution in [-0.4, -0.2) is 24.0 Å². The van der Waals surface area contributed by atoms with Gasteiger partial charge in [0.05, 0.1) is 0 Å². The van der Waals surface area contributed by atoms with Crippen LogP contribution >= 0.6 is 0 Å². The molecule has 20 heavy (non-hydrogen) atoms. The van der Waals surface area contributed by atoms with Crippen molar-refractivity contribution in [3.63, 3.8) is 0 Å². The van der Waals surface area contributed by atoms with Crippen LogP contribution in [-0.2, 0) is 6.54 Å². The van der Waals surface area contributed by atoms with Gasteiger partial charge in [0.1, 0.15) is 5.82 Å². The summed E-state index contributed by atoms with van der Waals surface area (Å²) in [6.07, 6.45) is 4.71. The Kier molecular flexibility index (Phi) is 4.99. The maximum atomic E-state index is 12.8. The van der Waals surface area contributed by atoms with Gasteiger partial charge in [-0.1, -0.05) is 31.9 Å². The number of urea groups is 1. The van der Waals surface area contributed by atoms with E-state index in [1.165, 1.54) is 31.4 Å². The first-order valence-electron chi connectivity index (χ1n) is 7.32. The smallest absolute Gasteiger partial charge is 0.317 e. The second-order valence-corrected chi connectivity index (χ2v) is 5.80. The predicted octanol–water partition coefficient (Wildman–Crippen LogP) is 3.55. The zero-order valence-corrected chi connectivity index (χ0v) is 12.2. The maximum absolute atomic E-state index is 12.8. The molecule has 3 nitrogen and oxygen atoms in total. The van der Waals surface area contributed by atoms with Gasteiger partial charge in [-0.25, -0.2) is 9.18 Å². The lowest BCUT2D eigenvalue weighted by molar-refractivity contribution is 0.190. The largest absolute Gasteiger partial charge is 0.335 e. The van der Waals surface area contributed by atoms with Gasteiger partial charge in [0.15, 0.2) is 0 Å². The molecule has 110 valence electrons. The van der Waals surface area contributed by atoms with Crippen molar-refractivity contribution < 1.29 is 9.18 Å². The fraction of sp³-hybridized carbons (Fsp3) is 0.562. The third kappa shape index (κ3) is 3.95. The second kappa shape index (κ2) is 6.73. The van der Waals surface area contributed by atoms with Crippen LogP contribution in [0.4, 0.5) is 9.18 Å². The zero-order chi connectivity index (χ0) is 14.5. The molecule has 1 aromatic rings. The molecule has 2 amide bonds. The first-order valence-corrected chi connectivity index (χ1v) is 7.32. The number of benzene rings is 1. The van der Waals surface area contributed by atoms with Gasteiger partial charge in [0.2, 0.25) is 0 Å². The van der Waals surface area contributed by atoms with Gasteiger partial charge in [-0.2, -0.15) is 0 Å². The number of hydrogen-bond donors (Lipinski definition) is 1. The molecule has 0 saturated heterocycles. The summed E-state index contributed by atoms with van der Waals surface area (Å²) in [4.78, 5) is 13.8. The van der Waals surface area contributed by atoms with Crippen LogP contribution in [0.15, 0.2) is 24.3 Å². The van der Waals surface area contributed by atoms with Crippen molar-refractivity contribution in [2.24, 2.45) is 5.92 Å². The van der Waals surface area contributed by atoms with Crippen molar-refractivity contribution in [1.82, 2.24) is 10.2 Å². The normalized spacial score (nSPS) is 22.4. The lowest BCUT2D eigenvalue weighted by Crippen LogP contribution is -2.46. The summed E-state index contributed by atoms with van der Waals surface area (Å²) in [5.41, 5.74) is 0.931. The minimum absolute atomic E-state index is 0.0481. The van der Waals surface area contributed by atoms with E-state index in [-0.39, 0.29) is 17.9 Å². The van der Waals surface area contributed by atoms with Crippen LogP contribution in [0.25, 0.3) is 0 Å². The average Bonchev–Trinajstić information content (AvgIpc) is 2.44. The van der Waals surface area contributed by atoms with Crippen molar-refractivity contribution in [1.29, 1.82) is 0 Å². The summed E-state index contributed by atoms with van der Waals surface area (Å²) in [6, 6.07) is 6.50. The van der Waals surface area contributed by atoms with Crippen LogP contribution in [0.3, 0.4) is 0 Å². The van der Waals surface area contributed by atoms with E-state index >= 15 is 0 Å². The highest BCUT2D eigenvalue weighted by Gasteiger charge is 2.23. The first kappa shape index (κ1) is 14.8. The van der Waals surface area contributed by atoms with Crippen molar-refractivity contribution >= 4 is 6.03 Å². The predicted molar refractivity (Wildman–Crippen MR) is 77.8 cm³/mol. The van der Waals surface area contributed by atoms with E-state index in [0.717, 1.165) is 12.0 Å². The van der Waals surface area contributed by atoms with E-state index < -0.39 is 0 Å². The Bertz CT molecular complexity index is 446. The lowest BCUT2D eigenvalue weighted by Gasteiger charge is -2.31. The highest BCUT2D eigenvalue weighted by atomic mass is 19.1. The molecule has 2 unspecified atom stereocenters. The van der Waals surface area contributed by atoms with Crippen molar-refractivity contribution in [2.45, 2.75) is 45.2 Å². The van der Waals surface area contributed by atoms with Crippen molar-refractivity contribution in [2.75, 3.05) is 7.05 Å². The lowest BCUT2D eigenvalue weighted by atomic mass is 9.86. The standard InChI is InChI=1S/C16H23FN2O/c1-12-5-3-4-6-15(12)18-16(20)19(2)11-13-7-9-14(17)10-8-13/h7-10,12,15H,3-6,11H2,1-2H3,(H,18,20). The molecule has 1 aliphatic carbocycles. The molecule has 1 aromatic carbocycles. The molecule has 4 heteroatoms. The number of hydrogen-bond acceptors (Lipinski definition) is 1. The van der Waals surface area contributed by atoms with Gasteiger partial charge in [-0.3, -0.25) is 0 Å². The molecule has 0 bridgehead atoms. The third-order valence-corrected chi connectivity index (χ3v) is 4.10. The Labute approximate surface area is 120 Å². The van der Waals surface area contributed by atoms with Crippen LogP contribution < -0.4 is 5.32 Å². The van der Waals surface area contributed by atoms with Gasteiger partial charge < -0.3 is 10.2 Å². The van der Waals surface area contributed by atoms with Gasteiger partial charge in [0, 0.05) is 19.6 Å².